The third-order valence-corrected chi connectivity index (χ3v) is 4.32. The van der Waals surface area contributed by atoms with E-state index in [9.17, 15) is 0 Å². The van der Waals surface area contributed by atoms with Gasteiger partial charge >= 0.3 is 0 Å². The summed E-state index contributed by atoms with van der Waals surface area (Å²) in [4.78, 5) is 0. The fourth-order valence-corrected chi connectivity index (χ4v) is 2.72. The van der Waals surface area contributed by atoms with E-state index in [0.717, 1.165) is 6.42 Å². The van der Waals surface area contributed by atoms with Crippen LogP contribution in [0.3, 0.4) is 0 Å². The summed E-state index contributed by atoms with van der Waals surface area (Å²) in [5.74, 6) is 0. The van der Waals surface area contributed by atoms with Gasteiger partial charge in [0.2, 0.25) is 0 Å². The molecule has 1 unspecified atom stereocenters. The van der Waals surface area contributed by atoms with Crippen LogP contribution in [0.1, 0.15) is 96.8 Å². The fraction of sp³-hybridized carbons (Fsp3) is 0.905. The summed E-state index contributed by atoms with van der Waals surface area (Å²) in [7, 11) is 0. The van der Waals surface area contributed by atoms with Crippen molar-refractivity contribution >= 4 is 0 Å². The Morgan fingerprint density at radius 1 is 0.750 bits per heavy atom. The summed E-state index contributed by atoms with van der Waals surface area (Å²) in [5.41, 5.74) is 0. The van der Waals surface area contributed by atoms with E-state index in [4.69, 9.17) is 14.9 Å². The maximum Gasteiger partial charge on any atom is 0.100 e. The van der Waals surface area contributed by atoms with Crippen LogP contribution in [0.15, 0.2) is 12.2 Å². The number of hydrogen-bond donors (Lipinski definition) is 2. The predicted molar refractivity (Wildman–Crippen MR) is 103 cm³/mol. The van der Waals surface area contributed by atoms with Gasteiger partial charge in [-0.25, -0.2) is 0 Å². The zero-order valence-electron chi connectivity index (χ0n) is 16.1. The molecule has 0 aromatic heterocycles. The van der Waals surface area contributed by atoms with Gasteiger partial charge < -0.3 is 14.9 Å². The van der Waals surface area contributed by atoms with Crippen molar-refractivity contribution in [2.75, 3.05) is 19.8 Å². The van der Waals surface area contributed by atoms with E-state index >= 15 is 0 Å². The molecule has 0 saturated carbocycles. The Morgan fingerprint density at radius 2 is 1.25 bits per heavy atom. The zero-order valence-corrected chi connectivity index (χ0v) is 16.1. The first-order chi connectivity index (χ1) is 11.8. The van der Waals surface area contributed by atoms with Gasteiger partial charge in [-0.3, -0.25) is 0 Å². The number of rotatable bonds is 19. The Balaban J connectivity index is 3.08. The molecule has 0 aliphatic heterocycles. The number of unbranched alkanes of at least 4 members (excludes halogenated alkanes) is 12. The number of aliphatic hydroxyl groups is 2. The third kappa shape index (κ3) is 19.7. The Hall–Kier alpha value is -0.380. The van der Waals surface area contributed by atoms with E-state index in [1.165, 1.54) is 83.5 Å². The van der Waals surface area contributed by atoms with Crippen LogP contribution < -0.4 is 0 Å². The van der Waals surface area contributed by atoms with Gasteiger partial charge in [-0.15, -0.1) is 0 Å². The van der Waals surface area contributed by atoms with Crippen LogP contribution in [0.4, 0.5) is 0 Å². The molecule has 0 rings (SSSR count). The van der Waals surface area contributed by atoms with Crippen LogP contribution in [0.25, 0.3) is 0 Å². The normalized spacial score (nSPS) is 13.0. The van der Waals surface area contributed by atoms with Crippen LogP contribution in [0.2, 0.25) is 0 Å². The fourth-order valence-electron chi connectivity index (χ4n) is 2.72. The van der Waals surface area contributed by atoms with E-state index < -0.39 is 6.10 Å². The van der Waals surface area contributed by atoms with Crippen LogP contribution in [-0.2, 0) is 4.74 Å². The number of ether oxygens (including phenoxy) is 1. The standard InChI is InChI=1S/C21H42O3/c1-2-3-4-5-6-7-8-9-10-11-12-13-14-15-16-17-18-24-20-21(23)19-22/h9-10,21-23H,2-8,11-20H2,1H3/b10-9+. The van der Waals surface area contributed by atoms with Crippen LogP contribution in [0.5, 0.6) is 0 Å². The quantitative estimate of drug-likeness (QED) is 0.244. The summed E-state index contributed by atoms with van der Waals surface area (Å²) in [5, 5.41) is 17.8. The lowest BCUT2D eigenvalue weighted by Gasteiger charge is -2.07. The summed E-state index contributed by atoms with van der Waals surface area (Å²) >= 11 is 0. The molecule has 144 valence electrons. The summed E-state index contributed by atoms with van der Waals surface area (Å²) in [6.45, 7) is 3.00. The van der Waals surface area contributed by atoms with Gasteiger partial charge in [0.25, 0.3) is 0 Å². The molecule has 0 aromatic carbocycles. The molecule has 1 atom stereocenters. The van der Waals surface area contributed by atoms with Gasteiger partial charge in [0, 0.05) is 6.61 Å². The van der Waals surface area contributed by atoms with Gasteiger partial charge in [0.05, 0.1) is 13.2 Å². The van der Waals surface area contributed by atoms with Crippen molar-refractivity contribution in [2.24, 2.45) is 0 Å². The van der Waals surface area contributed by atoms with Crippen LogP contribution in [0, 0.1) is 0 Å². The molecule has 24 heavy (non-hydrogen) atoms. The molecule has 3 heteroatoms. The highest BCUT2D eigenvalue weighted by Gasteiger charge is 2.00. The Bertz CT molecular complexity index is 253. The minimum Gasteiger partial charge on any atom is -0.394 e. The van der Waals surface area contributed by atoms with Gasteiger partial charge in [0.1, 0.15) is 6.10 Å². The molecular formula is C21H42O3. The first kappa shape index (κ1) is 23.6. The maximum absolute atomic E-state index is 9.11. The minimum absolute atomic E-state index is 0.215. The molecule has 0 amide bonds. The lowest BCUT2D eigenvalue weighted by atomic mass is 10.1. The van der Waals surface area contributed by atoms with E-state index in [1.54, 1.807) is 0 Å². The van der Waals surface area contributed by atoms with E-state index in [1.807, 2.05) is 0 Å². The predicted octanol–water partition coefficient (Wildman–Crippen LogP) is 5.39. The molecule has 0 radical (unpaired) electrons. The summed E-state index contributed by atoms with van der Waals surface area (Å²) in [6, 6.07) is 0. The van der Waals surface area contributed by atoms with Crippen LogP contribution in [-0.4, -0.2) is 36.1 Å². The number of hydrogen-bond acceptors (Lipinski definition) is 3. The third-order valence-electron chi connectivity index (χ3n) is 4.32. The van der Waals surface area contributed by atoms with Crippen molar-refractivity contribution in [3.63, 3.8) is 0 Å². The lowest BCUT2D eigenvalue weighted by Crippen LogP contribution is -2.19. The first-order valence-electron chi connectivity index (χ1n) is 10.3. The van der Waals surface area contributed by atoms with Crippen molar-refractivity contribution < 1.29 is 14.9 Å². The van der Waals surface area contributed by atoms with Crippen molar-refractivity contribution in [3.8, 4) is 0 Å². The molecular weight excluding hydrogens is 300 g/mol. The van der Waals surface area contributed by atoms with Gasteiger partial charge in [-0.1, -0.05) is 76.9 Å². The Morgan fingerprint density at radius 3 is 1.79 bits per heavy atom. The molecule has 0 aliphatic rings. The van der Waals surface area contributed by atoms with E-state index in [2.05, 4.69) is 19.1 Å². The number of allylic oxidation sites excluding steroid dienone is 2. The average Bonchev–Trinajstić information content (AvgIpc) is 2.60. The zero-order chi connectivity index (χ0) is 17.7. The topological polar surface area (TPSA) is 49.7 Å². The molecule has 0 fully saturated rings. The van der Waals surface area contributed by atoms with Crippen molar-refractivity contribution in [1.82, 2.24) is 0 Å². The second kappa shape index (κ2) is 20.7. The molecule has 0 aromatic rings. The van der Waals surface area contributed by atoms with E-state index in [-0.39, 0.29) is 13.2 Å². The SMILES string of the molecule is CCCCCCCC/C=C/CCCCCCCCOCC(O)CO. The second-order valence-electron chi connectivity index (χ2n) is 6.85. The van der Waals surface area contributed by atoms with Gasteiger partial charge in [0.15, 0.2) is 0 Å². The molecule has 0 bridgehead atoms. The molecule has 0 saturated heterocycles. The van der Waals surface area contributed by atoms with Crippen LogP contribution >= 0.6 is 0 Å². The smallest absolute Gasteiger partial charge is 0.100 e. The Labute approximate surface area is 150 Å². The largest absolute Gasteiger partial charge is 0.394 e. The first-order valence-corrected chi connectivity index (χ1v) is 10.3. The van der Waals surface area contributed by atoms with Gasteiger partial charge in [-0.05, 0) is 32.1 Å². The van der Waals surface area contributed by atoms with Crippen molar-refractivity contribution in [1.29, 1.82) is 0 Å². The second-order valence-corrected chi connectivity index (χ2v) is 6.85. The van der Waals surface area contributed by atoms with Gasteiger partial charge in [-0.2, -0.15) is 0 Å². The summed E-state index contributed by atoms with van der Waals surface area (Å²) < 4.78 is 5.29. The highest BCUT2D eigenvalue weighted by Crippen LogP contribution is 2.10. The Kier molecular flexibility index (Phi) is 20.3. The molecule has 0 spiro atoms. The minimum atomic E-state index is -0.723. The highest BCUT2D eigenvalue weighted by molar-refractivity contribution is 4.81. The molecule has 0 heterocycles. The molecule has 2 N–H and O–H groups in total. The lowest BCUT2D eigenvalue weighted by molar-refractivity contribution is 0.00526. The molecule has 0 aliphatic carbocycles. The summed E-state index contributed by atoms with van der Waals surface area (Å²) in [6.07, 6.45) is 22.3. The molecule has 3 nitrogen and oxygen atoms in total. The van der Waals surface area contributed by atoms with Crippen molar-refractivity contribution in [3.05, 3.63) is 12.2 Å². The number of aliphatic hydroxyl groups excluding tert-OH is 2. The maximum atomic E-state index is 9.11. The van der Waals surface area contributed by atoms with Crippen molar-refractivity contribution in [2.45, 2.75) is 103 Å². The van der Waals surface area contributed by atoms with E-state index in [0.29, 0.717) is 6.61 Å². The average molecular weight is 343 g/mol. The monoisotopic (exact) mass is 342 g/mol. The highest BCUT2D eigenvalue weighted by atomic mass is 16.5.